The largest absolute Gasteiger partial charge is 0.476 e. The van der Waals surface area contributed by atoms with Crippen molar-refractivity contribution in [3.8, 4) is 0 Å². The first kappa shape index (κ1) is 10.9. The second-order valence-electron chi connectivity index (χ2n) is 2.69. The molecule has 0 aliphatic rings. The zero-order chi connectivity index (χ0) is 9.26. The topological polar surface area (TPSA) is 50.2 Å². The van der Waals surface area contributed by atoms with Crippen molar-refractivity contribution >= 4 is 16.7 Å². The smallest absolute Gasteiger partial charge is 0.355 e. The standard InChI is InChI=1S/C10H7NO2.Ag/c12-10(13)9-8-4-2-1-3-7(8)5-6-11-9;/h1-6H,(H,12,13);. The minimum atomic E-state index is -0.989. The number of carboxylic acid groups (broad SMARTS) is 1. The first-order chi connectivity index (χ1) is 6.29. The second-order valence-corrected chi connectivity index (χ2v) is 2.69. The van der Waals surface area contributed by atoms with Gasteiger partial charge in [-0.15, -0.1) is 0 Å². The fourth-order valence-corrected chi connectivity index (χ4v) is 1.29. The number of pyridine rings is 1. The molecule has 0 atom stereocenters. The molecule has 14 heavy (non-hydrogen) atoms. The summed E-state index contributed by atoms with van der Waals surface area (Å²) in [6.45, 7) is 0. The summed E-state index contributed by atoms with van der Waals surface area (Å²) in [7, 11) is 0. The Morgan fingerprint density at radius 3 is 2.64 bits per heavy atom. The first-order valence-electron chi connectivity index (χ1n) is 3.86. The van der Waals surface area contributed by atoms with Crippen molar-refractivity contribution < 1.29 is 32.3 Å². The van der Waals surface area contributed by atoms with Gasteiger partial charge < -0.3 is 5.11 Å². The molecular formula is C10H7AgNO2. The normalized spacial score (nSPS) is 9.43. The van der Waals surface area contributed by atoms with Crippen LogP contribution in [0.15, 0.2) is 36.5 Å². The van der Waals surface area contributed by atoms with Crippen molar-refractivity contribution in [1.82, 2.24) is 4.98 Å². The third-order valence-electron chi connectivity index (χ3n) is 1.88. The van der Waals surface area contributed by atoms with E-state index in [4.69, 9.17) is 5.11 Å². The molecular weight excluding hydrogens is 274 g/mol. The van der Waals surface area contributed by atoms with Crippen molar-refractivity contribution in [3.05, 3.63) is 42.2 Å². The number of benzene rings is 1. The van der Waals surface area contributed by atoms with E-state index >= 15 is 0 Å². The Kier molecular flexibility index (Phi) is 3.41. The molecule has 0 aliphatic heterocycles. The Labute approximate surface area is 96.3 Å². The van der Waals surface area contributed by atoms with Gasteiger partial charge in [0.15, 0.2) is 5.69 Å². The minimum Gasteiger partial charge on any atom is -0.476 e. The molecule has 3 nitrogen and oxygen atoms in total. The van der Waals surface area contributed by atoms with Crippen molar-refractivity contribution in [1.29, 1.82) is 0 Å². The van der Waals surface area contributed by atoms with Crippen LogP contribution < -0.4 is 0 Å². The van der Waals surface area contributed by atoms with E-state index in [2.05, 4.69) is 4.98 Å². The molecule has 1 aromatic carbocycles. The maximum absolute atomic E-state index is 10.8. The number of carbonyl (C=O) groups is 1. The molecule has 0 saturated carbocycles. The van der Waals surface area contributed by atoms with Crippen LogP contribution in [0.2, 0.25) is 0 Å². The van der Waals surface area contributed by atoms with Gasteiger partial charge in [-0.25, -0.2) is 9.78 Å². The van der Waals surface area contributed by atoms with E-state index in [0.717, 1.165) is 5.39 Å². The van der Waals surface area contributed by atoms with Gasteiger partial charge in [-0.05, 0) is 11.5 Å². The molecule has 4 heteroatoms. The van der Waals surface area contributed by atoms with E-state index in [1.165, 1.54) is 6.20 Å². The van der Waals surface area contributed by atoms with Crippen LogP contribution >= 0.6 is 0 Å². The summed E-state index contributed by atoms with van der Waals surface area (Å²) in [5.41, 5.74) is 0.109. The maximum atomic E-state index is 10.8. The average Bonchev–Trinajstić information content (AvgIpc) is 2.17. The molecule has 0 fully saturated rings. The van der Waals surface area contributed by atoms with Crippen LogP contribution in [0.5, 0.6) is 0 Å². The summed E-state index contributed by atoms with van der Waals surface area (Å²) in [6.07, 6.45) is 1.51. The molecule has 1 N–H and O–H groups in total. The van der Waals surface area contributed by atoms with Crippen LogP contribution in [0, 0.1) is 0 Å². The number of aromatic carboxylic acids is 1. The Balaban J connectivity index is 0.000000980. The molecule has 2 aromatic rings. The number of nitrogens with zero attached hydrogens (tertiary/aromatic N) is 1. The van der Waals surface area contributed by atoms with Crippen LogP contribution in [-0.2, 0) is 22.4 Å². The molecule has 2 rings (SSSR count). The van der Waals surface area contributed by atoms with Crippen molar-refractivity contribution in [2.45, 2.75) is 0 Å². The molecule has 0 amide bonds. The van der Waals surface area contributed by atoms with E-state index in [9.17, 15) is 4.79 Å². The quantitative estimate of drug-likeness (QED) is 0.812. The van der Waals surface area contributed by atoms with Gasteiger partial charge in [0.25, 0.3) is 0 Å². The van der Waals surface area contributed by atoms with Crippen LogP contribution in [0.4, 0.5) is 0 Å². The number of hydrogen-bond donors (Lipinski definition) is 1. The molecule has 1 aromatic heterocycles. The molecule has 0 bridgehead atoms. The summed E-state index contributed by atoms with van der Waals surface area (Å²) >= 11 is 0. The fraction of sp³-hybridized carbons (Fsp3) is 0. The Morgan fingerprint density at radius 2 is 1.93 bits per heavy atom. The number of rotatable bonds is 1. The van der Waals surface area contributed by atoms with Gasteiger partial charge in [0.1, 0.15) is 0 Å². The summed E-state index contributed by atoms with van der Waals surface area (Å²) < 4.78 is 0. The van der Waals surface area contributed by atoms with Crippen LogP contribution in [0.3, 0.4) is 0 Å². The van der Waals surface area contributed by atoms with E-state index in [1.54, 1.807) is 18.2 Å². The Bertz CT molecular complexity index is 465. The maximum Gasteiger partial charge on any atom is 0.355 e. The van der Waals surface area contributed by atoms with Gasteiger partial charge in [-0.2, -0.15) is 0 Å². The van der Waals surface area contributed by atoms with Crippen LogP contribution in [-0.4, -0.2) is 16.1 Å². The number of fused-ring (bicyclic) bond motifs is 1. The van der Waals surface area contributed by atoms with Gasteiger partial charge in [0, 0.05) is 34.0 Å². The molecule has 75 valence electrons. The van der Waals surface area contributed by atoms with Crippen molar-refractivity contribution in [2.75, 3.05) is 0 Å². The molecule has 0 aliphatic carbocycles. The molecule has 1 heterocycles. The molecule has 0 spiro atoms. The third kappa shape index (κ3) is 1.85. The van der Waals surface area contributed by atoms with Gasteiger partial charge in [-0.1, -0.05) is 24.3 Å². The van der Waals surface area contributed by atoms with Crippen LogP contribution in [0.1, 0.15) is 10.5 Å². The van der Waals surface area contributed by atoms with Crippen LogP contribution in [0.25, 0.3) is 10.8 Å². The fourth-order valence-electron chi connectivity index (χ4n) is 1.29. The van der Waals surface area contributed by atoms with E-state index in [1.807, 2.05) is 12.1 Å². The summed E-state index contributed by atoms with van der Waals surface area (Å²) in [5.74, 6) is -0.989. The predicted molar refractivity (Wildman–Crippen MR) is 48.7 cm³/mol. The van der Waals surface area contributed by atoms with Gasteiger partial charge in [0.2, 0.25) is 0 Å². The molecule has 1 radical (unpaired) electrons. The third-order valence-corrected chi connectivity index (χ3v) is 1.88. The zero-order valence-corrected chi connectivity index (χ0v) is 8.55. The summed E-state index contributed by atoms with van der Waals surface area (Å²) in [4.78, 5) is 14.6. The van der Waals surface area contributed by atoms with Gasteiger partial charge in [0.05, 0.1) is 0 Å². The van der Waals surface area contributed by atoms with Gasteiger partial charge >= 0.3 is 5.97 Å². The minimum absolute atomic E-state index is 0. The Morgan fingerprint density at radius 1 is 1.21 bits per heavy atom. The average molecular weight is 281 g/mol. The summed E-state index contributed by atoms with van der Waals surface area (Å²) in [6, 6.07) is 9.08. The Hall–Kier alpha value is -1.16. The van der Waals surface area contributed by atoms with E-state index in [0.29, 0.717) is 5.39 Å². The van der Waals surface area contributed by atoms with E-state index in [-0.39, 0.29) is 28.1 Å². The predicted octanol–water partition coefficient (Wildman–Crippen LogP) is 1.93. The van der Waals surface area contributed by atoms with Crippen molar-refractivity contribution in [3.63, 3.8) is 0 Å². The first-order valence-corrected chi connectivity index (χ1v) is 3.86. The number of hydrogen-bond acceptors (Lipinski definition) is 2. The monoisotopic (exact) mass is 280 g/mol. The zero-order valence-electron chi connectivity index (χ0n) is 7.07. The number of aromatic nitrogens is 1. The van der Waals surface area contributed by atoms with Crippen molar-refractivity contribution in [2.24, 2.45) is 0 Å². The molecule has 0 saturated heterocycles. The summed E-state index contributed by atoms with van der Waals surface area (Å²) in [5, 5.41) is 10.4. The second kappa shape index (κ2) is 4.37. The molecule has 0 unspecified atom stereocenters. The van der Waals surface area contributed by atoms with Gasteiger partial charge in [-0.3, -0.25) is 0 Å². The SMILES string of the molecule is O=C(O)c1nccc2ccccc12.[Ag]. The van der Waals surface area contributed by atoms with E-state index < -0.39 is 5.97 Å². The number of carboxylic acids is 1.